The number of fused-ring (bicyclic) bond motifs is 1. The zero-order chi connectivity index (χ0) is 15.6. The van der Waals surface area contributed by atoms with Crippen LogP contribution < -0.4 is 0 Å². The third-order valence-corrected chi connectivity index (χ3v) is 3.63. The third-order valence-electron chi connectivity index (χ3n) is 3.63. The topological polar surface area (TPSA) is 12.9 Å². The van der Waals surface area contributed by atoms with Crippen molar-refractivity contribution in [2.24, 2.45) is 0 Å². The standard InChI is InChI=1S/C17H20F3N/c1-4-6-12-13(7-5-2)16(17(18,19)20)21-15-9-8-11(3)10-14(12)15/h8-10H,4-7H2,1-3H3. The van der Waals surface area contributed by atoms with Crippen molar-refractivity contribution in [2.75, 3.05) is 0 Å². The van der Waals surface area contributed by atoms with Gasteiger partial charge in [0.1, 0.15) is 5.69 Å². The van der Waals surface area contributed by atoms with Crippen molar-refractivity contribution in [1.82, 2.24) is 4.98 Å². The van der Waals surface area contributed by atoms with Gasteiger partial charge in [-0.15, -0.1) is 0 Å². The second kappa shape index (κ2) is 6.04. The normalized spacial score (nSPS) is 12.1. The van der Waals surface area contributed by atoms with E-state index in [1.807, 2.05) is 32.9 Å². The summed E-state index contributed by atoms with van der Waals surface area (Å²) in [4.78, 5) is 3.92. The number of pyridine rings is 1. The Labute approximate surface area is 123 Å². The molecule has 1 heterocycles. The van der Waals surface area contributed by atoms with Crippen LogP contribution in [0.1, 0.15) is 49.1 Å². The molecule has 114 valence electrons. The summed E-state index contributed by atoms with van der Waals surface area (Å²) in [5.41, 5.74) is 1.98. The molecular formula is C17H20F3N. The highest BCUT2D eigenvalue weighted by molar-refractivity contribution is 5.84. The first-order chi connectivity index (χ1) is 9.88. The lowest BCUT2D eigenvalue weighted by Gasteiger charge is -2.18. The number of hydrogen-bond acceptors (Lipinski definition) is 1. The minimum absolute atomic E-state index is 0.380. The SMILES string of the molecule is CCCc1c(C(F)(F)F)nc2ccc(C)cc2c1CCC. The van der Waals surface area contributed by atoms with Gasteiger partial charge in [0, 0.05) is 5.39 Å². The maximum atomic E-state index is 13.3. The quantitative estimate of drug-likeness (QED) is 0.729. The maximum absolute atomic E-state index is 13.3. The van der Waals surface area contributed by atoms with E-state index in [1.165, 1.54) is 0 Å². The lowest BCUT2D eigenvalue weighted by Crippen LogP contribution is -2.15. The summed E-state index contributed by atoms with van der Waals surface area (Å²) in [6, 6.07) is 5.45. The molecule has 1 nitrogen and oxygen atoms in total. The largest absolute Gasteiger partial charge is 0.433 e. The van der Waals surface area contributed by atoms with Crippen molar-refractivity contribution >= 4 is 10.9 Å². The van der Waals surface area contributed by atoms with Crippen LogP contribution in [0.2, 0.25) is 0 Å². The van der Waals surface area contributed by atoms with Crippen LogP contribution in [0.5, 0.6) is 0 Å². The molecule has 0 spiro atoms. The van der Waals surface area contributed by atoms with Gasteiger partial charge in [0.2, 0.25) is 0 Å². The maximum Gasteiger partial charge on any atom is 0.433 e. The average Bonchev–Trinajstić information content (AvgIpc) is 2.40. The molecule has 0 saturated carbocycles. The fourth-order valence-corrected chi connectivity index (χ4v) is 2.77. The Morgan fingerprint density at radius 2 is 1.62 bits per heavy atom. The van der Waals surface area contributed by atoms with Gasteiger partial charge in [-0.25, -0.2) is 4.98 Å². The van der Waals surface area contributed by atoms with Crippen LogP contribution in [0.15, 0.2) is 18.2 Å². The van der Waals surface area contributed by atoms with E-state index in [4.69, 9.17) is 0 Å². The van der Waals surface area contributed by atoms with Crippen LogP contribution in [-0.4, -0.2) is 4.98 Å². The summed E-state index contributed by atoms with van der Waals surface area (Å²) in [6.45, 7) is 5.84. The van der Waals surface area contributed by atoms with Crippen LogP contribution in [0, 0.1) is 6.92 Å². The number of rotatable bonds is 4. The monoisotopic (exact) mass is 295 g/mol. The van der Waals surface area contributed by atoms with Crippen LogP contribution in [0.3, 0.4) is 0 Å². The Kier molecular flexibility index (Phi) is 4.55. The fraction of sp³-hybridized carbons (Fsp3) is 0.471. The number of nitrogens with zero attached hydrogens (tertiary/aromatic N) is 1. The van der Waals surface area contributed by atoms with E-state index in [2.05, 4.69) is 4.98 Å². The smallest absolute Gasteiger partial charge is 0.243 e. The molecule has 2 rings (SSSR count). The predicted octanol–water partition coefficient (Wildman–Crippen LogP) is 5.47. The molecule has 0 bridgehead atoms. The van der Waals surface area contributed by atoms with E-state index in [1.54, 1.807) is 6.07 Å². The second-order valence-corrected chi connectivity index (χ2v) is 5.44. The van der Waals surface area contributed by atoms with Gasteiger partial charge in [0.15, 0.2) is 0 Å². The van der Waals surface area contributed by atoms with Crippen molar-refractivity contribution < 1.29 is 13.2 Å². The van der Waals surface area contributed by atoms with E-state index >= 15 is 0 Å². The summed E-state index contributed by atoms with van der Waals surface area (Å²) in [5.74, 6) is 0. The van der Waals surface area contributed by atoms with Gasteiger partial charge in [-0.2, -0.15) is 13.2 Å². The van der Waals surface area contributed by atoms with Crippen LogP contribution in [0.4, 0.5) is 13.2 Å². The van der Waals surface area contributed by atoms with Crippen molar-refractivity contribution in [3.8, 4) is 0 Å². The molecule has 0 atom stereocenters. The van der Waals surface area contributed by atoms with Gasteiger partial charge >= 0.3 is 6.18 Å². The highest BCUT2D eigenvalue weighted by atomic mass is 19.4. The lowest BCUT2D eigenvalue weighted by atomic mass is 9.93. The molecular weight excluding hydrogens is 275 g/mol. The molecule has 21 heavy (non-hydrogen) atoms. The van der Waals surface area contributed by atoms with E-state index in [9.17, 15) is 13.2 Å². The number of halogens is 3. The van der Waals surface area contributed by atoms with Crippen LogP contribution in [0.25, 0.3) is 10.9 Å². The predicted molar refractivity (Wildman–Crippen MR) is 79.5 cm³/mol. The van der Waals surface area contributed by atoms with Crippen LogP contribution in [-0.2, 0) is 19.0 Å². The van der Waals surface area contributed by atoms with Gasteiger partial charge in [-0.1, -0.05) is 38.3 Å². The fourth-order valence-electron chi connectivity index (χ4n) is 2.77. The summed E-state index contributed by atoms with van der Waals surface area (Å²) in [6.07, 6.45) is -1.83. The molecule has 0 saturated heterocycles. The summed E-state index contributed by atoms with van der Waals surface area (Å²) in [7, 11) is 0. The Bertz CT molecular complexity index is 645. The van der Waals surface area contributed by atoms with Gasteiger partial charge in [-0.3, -0.25) is 0 Å². The minimum Gasteiger partial charge on any atom is -0.243 e. The zero-order valence-electron chi connectivity index (χ0n) is 12.6. The number of hydrogen-bond donors (Lipinski definition) is 0. The highest BCUT2D eigenvalue weighted by Gasteiger charge is 2.36. The summed E-state index contributed by atoms with van der Waals surface area (Å²) >= 11 is 0. The Morgan fingerprint density at radius 3 is 2.19 bits per heavy atom. The van der Waals surface area contributed by atoms with Crippen LogP contribution >= 0.6 is 0 Å². The molecule has 0 N–H and O–H groups in total. The van der Waals surface area contributed by atoms with Gasteiger partial charge in [-0.05, 0) is 43.0 Å². The minimum atomic E-state index is -4.40. The first kappa shape index (κ1) is 15.8. The Morgan fingerprint density at radius 1 is 1.00 bits per heavy atom. The molecule has 0 radical (unpaired) electrons. The molecule has 4 heteroatoms. The van der Waals surface area contributed by atoms with Crippen molar-refractivity contribution in [1.29, 1.82) is 0 Å². The molecule has 2 aromatic rings. The number of benzene rings is 1. The first-order valence-corrected chi connectivity index (χ1v) is 7.37. The van der Waals surface area contributed by atoms with Crippen molar-refractivity contribution in [3.05, 3.63) is 40.6 Å². The van der Waals surface area contributed by atoms with E-state index < -0.39 is 11.9 Å². The van der Waals surface area contributed by atoms with Crippen molar-refractivity contribution in [2.45, 2.75) is 52.6 Å². The molecule has 1 aromatic carbocycles. The molecule has 0 unspecified atom stereocenters. The lowest BCUT2D eigenvalue weighted by molar-refractivity contribution is -0.141. The van der Waals surface area contributed by atoms with Gasteiger partial charge in [0.25, 0.3) is 0 Å². The highest BCUT2D eigenvalue weighted by Crippen LogP contribution is 2.36. The third kappa shape index (κ3) is 3.20. The van der Waals surface area contributed by atoms with Gasteiger partial charge < -0.3 is 0 Å². The average molecular weight is 295 g/mol. The number of aromatic nitrogens is 1. The zero-order valence-corrected chi connectivity index (χ0v) is 12.6. The van der Waals surface area contributed by atoms with E-state index in [-0.39, 0.29) is 0 Å². The summed E-state index contributed by atoms with van der Waals surface area (Å²) < 4.78 is 40.0. The summed E-state index contributed by atoms with van der Waals surface area (Å²) in [5, 5.41) is 0.869. The second-order valence-electron chi connectivity index (χ2n) is 5.44. The molecule has 0 fully saturated rings. The van der Waals surface area contributed by atoms with E-state index in [0.29, 0.717) is 30.3 Å². The molecule has 1 aromatic heterocycles. The molecule has 0 amide bonds. The molecule has 0 aliphatic rings. The van der Waals surface area contributed by atoms with E-state index in [0.717, 1.165) is 22.9 Å². The number of alkyl halides is 3. The molecule has 0 aliphatic carbocycles. The Hall–Kier alpha value is -1.58. The Balaban J connectivity index is 2.84. The number of aryl methyl sites for hydroxylation is 2. The first-order valence-electron chi connectivity index (χ1n) is 7.37. The van der Waals surface area contributed by atoms with Gasteiger partial charge in [0.05, 0.1) is 5.52 Å². The van der Waals surface area contributed by atoms with Crippen molar-refractivity contribution in [3.63, 3.8) is 0 Å². The molecule has 0 aliphatic heterocycles.